The van der Waals surface area contributed by atoms with Gasteiger partial charge in [-0.05, 0) is 12.1 Å². The minimum atomic E-state index is 0.232. The molecule has 4 heteroatoms. The van der Waals surface area contributed by atoms with Crippen LogP contribution in [0.25, 0.3) is 0 Å². The molecule has 0 aliphatic carbocycles. The molecule has 14 heavy (non-hydrogen) atoms. The number of rotatable bonds is 0. The zero-order valence-corrected chi connectivity index (χ0v) is 8.72. The van der Waals surface area contributed by atoms with Gasteiger partial charge in [-0.1, -0.05) is 30.4 Å². The molecule has 1 aromatic carbocycles. The van der Waals surface area contributed by atoms with E-state index in [-0.39, 0.29) is 9.03 Å². The van der Waals surface area contributed by atoms with Crippen molar-refractivity contribution in [1.29, 1.82) is 0 Å². The Hall–Kier alpha value is -0.890. The highest BCUT2D eigenvalue weighted by Crippen LogP contribution is 2.14. The van der Waals surface area contributed by atoms with E-state index in [2.05, 4.69) is 0 Å². The summed E-state index contributed by atoms with van der Waals surface area (Å²) < 4.78 is 9.83. The van der Waals surface area contributed by atoms with Crippen molar-refractivity contribution >= 4 is 9.03 Å². The van der Waals surface area contributed by atoms with Crippen molar-refractivity contribution in [2.75, 3.05) is 13.2 Å². The summed E-state index contributed by atoms with van der Waals surface area (Å²) in [7, 11) is 0.232. The number of phenols is 1. The van der Waals surface area contributed by atoms with E-state index >= 15 is 0 Å². The number of phenolic OH excluding ortho intramolecular Hbond substituents is 1. The lowest BCUT2D eigenvalue weighted by Gasteiger charge is -1.92. The molecule has 0 spiro atoms. The van der Waals surface area contributed by atoms with Gasteiger partial charge < -0.3 is 14.2 Å². The van der Waals surface area contributed by atoms with Gasteiger partial charge in [0.25, 0.3) is 0 Å². The summed E-state index contributed by atoms with van der Waals surface area (Å²) >= 11 is 0. The lowest BCUT2D eigenvalue weighted by molar-refractivity contribution is 0.323. The predicted octanol–water partition coefficient (Wildman–Crippen LogP) is 2.49. The second kappa shape index (κ2) is 7.51. The summed E-state index contributed by atoms with van der Waals surface area (Å²) in [5, 5.41) is 8.63. The Morgan fingerprint density at radius 1 is 1.00 bits per heavy atom. The molecule has 0 radical (unpaired) electrons. The molecule has 2 rings (SSSR count). The molecule has 3 nitrogen and oxygen atoms in total. The summed E-state index contributed by atoms with van der Waals surface area (Å²) in [5.74, 6) is 0.322. The lowest BCUT2D eigenvalue weighted by atomic mass is 10.3. The molecule has 1 aromatic rings. The number of aromatic hydroxyl groups is 1. The lowest BCUT2D eigenvalue weighted by Crippen LogP contribution is -1.72. The zero-order chi connectivity index (χ0) is 10.1. The van der Waals surface area contributed by atoms with E-state index in [1.807, 2.05) is 18.2 Å². The Morgan fingerprint density at radius 3 is 2.00 bits per heavy atom. The number of hydrogen-bond acceptors (Lipinski definition) is 3. The van der Waals surface area contributed by atoms with Crippen LogP contribution >= 0.6 is 9.03 Å². The average Bonchev–Trinajstić information content (AvgIpc) is 2.51. The first-order chi connectivity index (χ1) is 6.89. The molecular weight excluding hydrogens is 199 g/mol. The van der Waals surface area contributed by atoms with Crippen LogP contribution in [0.4, 0.5) is 0 Å². The molecule has 0 unspecified atom stereocenters. The van der Waals surface area contributed by atoms with Gasteiger partial charge in [-0.2, -0.15) is 0 Å². The summed E-state index contributed by atoms with van der Waals surface area (Å²) in [6.45, 7) is 1.41. The topological polar surface area (TPSA) is 38.7 Å². The Bertz CT molecular complexity index is 253. The van der Waals surface area contributed by atoms with Crippen molar-refractivity contribution in [1.82, 2.24) is 0 Å². The Kier molecular flexibility index (Phi) is 6.00. The minimum Gasteiger partial charge on any atom is -0.508 e. The summed E-state index contributed by atoms with van der Waals surface area (Å²) in [6.07, 6.45) is 3.92. The average molecular weight is 212 g/mol. The Morgan fingerprint density at radius 2 is 1.57 bits per heavy atom. The second-order valence-electron chi connectivity index (χ2n) is 2.51. The maximum atomic E-state index is 8.63. The zero-order valence-electron chi connectivity index (χ0n) is 7.72. The second-order valence-corrected chi connectivity index (χ2v) is 3.26. The standard InChI is InChI=1S/C6H6O.C4H7O2P/c7-6-4-2-1-3-5-6;1-2-4-6-7-5-3-1/h1-5,7H;1-2,7H,3-4H2. The van der Waals surface area contributed by atoms with Gasteiger partial charge in [-0.15, -0.1) is 0 Å². The third kappa shape index (κ3) is 5.70. The fourth-order valence-corrected chi connectivity index (χ4v) is 1.18. The molecule has 1 aliphatic rings. The van der Waals surface area contributed by atoms with Gasteiger partial charge in [0.05, 0.1) is 13.2 Å². The van der Waals surface area contributed by atoms with E-state index in [0.717, 1.165) is 0 Å². The van der Waals surface area contributed by atoms with Crippen molar-refractivity contribution in [2.45, 2.75) is 0 Å². The third-order valence-corrected chi connectivity index (χ3v) is 1.97. The number of benzene rings is 1. The largest absolute Gasteiger partial charge is 0.508 e. The molecule has 0 saturated carbocycles. The molecule has 0 amide bonds. The highest BCUT2D eigenvalue weighted by molar-refractivity contribution is 7.26. The van der Waals surface area contributed by atoms with Crippen LogP contribution in [0.15, 0.2) is 42.5 Å². The van der Waals surface area contributed by atoms with Crippen LogP contribution < -0.4 is 0 Å². The highest BCUT2D eigenvalue weighted by atomic mass is 31.1. The fourth-order valence-electron chi connectivity index (χ4n) is 0.770. The first kappa shape index (κ1) is 11.2. The predicted molar refractivity (Wildman–Crippen MR) is 57.5 cm³/mol. The SMILES string of the molecule is C1=CCOPOC1.Oc1ccccc1. The van der Waals surface area contributed by atoms with E-state index in [9.17, 15) is 0 Å². The maximum Gasteiger partial charge on any atom is 0.155 e. The number of hydrogen-bond donors (Lipinski definition) is 1. The molecule has 0 fully saturated rings. The van der Waals surface area contributed by atoms with Crippen molar-refractivity contribution in [3.05, 3.63) is 42.5 Å². The Balaban J connectivity index is 0.000000140. The van der Waals surface area contributed by atoms with Crippen LogP contribution in [0.2, 0.25) is 0 Å². The highest BCUT2D eigenvalue weighted by Gasteiger charge is 1.87. The minimum absolute atomic E-state index is 0.232. The van der Waals surface area contributed by atoms with Gasteiger partial charge in [0.15, 0.2) is 9.03 Å². The quantitative estimate of drug-likeness (QED) is 0.530. The van der Waals surface area contributed by atoms with E-state index in [4.69, 9.17) is 14.2 Å². The van der Waals surface area contributed by atoms with Crippen molar-refractivity contribution < 1.29 is 14.2 Å². The molecule has 0 bridgehead atoms. The smallest absolute Gasteiger partial charge is 0.155 e. The normalized spacial score (nSPS) is 15.1. The van der Waals surface area contributed by atoms with E-state index in [1.165, 1.54) is 0 Å². The molecule has 1 heterocycles. The van der Waals surface area contributed by atoms with Gasteiger partial charge in [0.1, 0.15) is 5.75 Å². The van der Waals surface area contributed by atoms with E-state index in [0.29, 0.717) is 19.0 Å². The first-order valence-corrected chi connectivity index (χ1v) is 5.09. The van der Waals surface area contributed by atoms with Crippen molar-refractivity contribution in [3.8, 4) is 5.75 Å². The molecule has 0 saturated heterocycles. The van der Waals surface area contributed by atoms with Crippen LogP contribution in [-0.2, 0) is 9.05 Å². The summed E-state index contributed by atoms with van der Waals surface area (Å²) in [6, 6.07) is 8.71. The Labute approximate surface area is 85.3 Å². The molecule has 76 valence electrons. The van der Waals surface area contributed by atoms with Crippen LogP contribution in [0, 0.1) is 0 Å². The van der Waals surface area contributed by atoms with Crippen LogP contribution in [0.3, 0.4) is 0 Å². The molecule has 0 atom stereocenters. The van der Waals surface area contributed by atoms with E-state index in [1.54, 1.807) is 24.3 Å². The summed E-state index contributed by atoms with van der Waals surface area (Å²) in [5.41, 5.74) is 0. The van der Waals surface area contributed by atoms with Gasteiger partial charge in [-0.25, -0.2) is 0 Å². The first-order valence-electron chi connectivity index (χ1n) is 4.27. The summed E-state index contributed by atoms with van der Waals surface area (Å²) in [4.78, 5) is 0. The van der Waals surface area contributed by atoms with Crippen LogP contribution in [0.5, 0.6) is 5.75 Å². The molecule has 1 aliphatic heterocycles. The molecule has 0 aromatic heterocycles. The fraction of sp³-hybridized carbons (Fsp3) is 0.200. The maximum absolute atomic E-state index is 8.63. The monoisotopic (exact) mass is 212 g/mol. The van der Waals surface area contributed by atoms with Gasteiger partial charge in [-0.3, -0.25) is 0 Å². The molecular formula is C10H13O3P. The van der Waals surface area contributed by atoms with Crippen LogP contribution in [-0.4, -0.2) is 18.3 Å². The van der Waals surface area contributed by atoms with Crippen LogP contribution in [0.1, 0.15) is 0 Å². The van der Waals surface area contributed by atoms with Crippen molar-refractivity contribution in [2.24, 2.45) is 0 Å². The van der Waals surface area contributed by atoms with E-state index < -0.39 is 0 Å². The van der Waals surface area contributed by atoms with Gasteiger partial charge in [0, 0.05) is 0 Å². The van der Waals surface area contributed by atoms with Gasteiger partial charge >= 0.3 is 0 Å². The van der Waals surface area contributed by atoms with Gasteiger partial charge in [0.2, 0.25) is 0 Å². The third-order valence-electron chi connectivity index (χ3n) is 1.40. The number of para-hydroxylation sites is 1. The molecule has 1 N–H and O–H groups in total. The van der Waals surface area contributed by atoms with Crippen molar-refractivity contribution in [3.63, 3.8) is 0 Å².